The number of ether oxygens (including phenoxy) is 1. The quantitative estimate of drug-likeness (QED) is 0.624. The third-order valence-electron chi connectivity index (χ3n) is 4.10. The Morgan fingerprint density at radius 1 is 1.11 bits per heavy atom. The van der Waals surface area contributed by atoms with E-state index in [2.05, 4.69) is 36.3 Å². The van der Waals surface area contributed by atoms with Gasteiger partial charge in [0.05, 0.1) is 17.2 Å². The standard InChI is InChI=1S/C22H24N2O2S/c1-16(2)22-24-19(15-27-22)13-23-21(25)14-26-20-11-7-6-10-18(20)12-17-8-4-3-5-9-17/h3-11,15-16H,12-14H2,1-2H3,(H,23,25). The molecule has 1 amide bonds. The van der Waals surface area contributed by atoms with Gasteiger partial charge in [0.2, 0.25) is 0 Å². The molecule has 0 fully saturated rings. The van der Waals surface area contributed by atoms with Gasteiger partial charge in [-0.1, -0.05) is 62.4 Å². The number of amides is 1. The lowest BCUT2D eigenvalue weighted by Crippen LogP contribution is -2.28. The number of para-hydroxylation sites is 1. The molecule has 0 aliphatic carbocycles. The average molecular weight is 381 g/mol. The Balaban J connectivity index is 1.52. The van der Waals surface area contributed by atoms with Gasteiger partial charge in [-0.25, -0.2) is 4.98 Å². The van der Waals surface area contributed by atoms with E-state index in [4.69, 9.17) is 4.74 Å². The summed E-state index contributed by atoms with van der Waals surface area (Å²) in [5.74, 6) is 1.000. The first kappa shape index (κ1) is 19.1. The Bertz CT molecular complexity index is 875. The highest BCUT2D eigenvalue weighted by molar-refractivity contribution is 7.09. The summed E-state index contributed by atoms with van der Waals surface area (Å²) in [6, 6.07) is 18.1. The van der Waals surface area contributed by atoms with E-state index in [1.54, 1.807) is 11.3 Å². The highest BCUT2D eigenvalue weighted by Gasteiger charge is 2.09. The number of thiazole rings is 1. The zero-order valence-electron chi connectivity index (χ0n) is 15.6. The molecule has 0 unspecified atom stereocenters. The van der Waals surface area contributed by atoms with Crippen LogP contribution in [0.2, 0.25) is 0 Å². The van der Waals surface area contributed by atoms with Crippen LogP contribution in [0.1, 0.15) is 41.6 Å². The van der Waals surface area contributed by atoms with Crippen LogP contribution in [0.15, 0.2) is 60.0 Å². The van der Waals surface area contributed by atoms with E-state index in [-0.39, 0.29) is 12.5 Å². The molecule has 3 rings (SSSR count). The summed E-state index contributed by atoms with van der Waals surface area (Å²) in [6.07, 6.45) is 0.773. The Kier molecular flexibility index (Phi) is 6.60. The molecule has 1 N–H and O–H groups in total. The van der Waals surface area contributed by atoms with Crippen LogP contribution in [0.4, 0.5) is 0 Å². The number of benzene rings is 2. The van der Waals surface area contributed by atoms with Crippen molar-refractivity contribution in [3.8, 4) is 5.75 Å². The first-order valence-electron chi connectivity index (χ1n) is 9.07. The fraction of sp³-hybridized carbons (Fsp3) is 0.273. The fourth-order valence-electron chi connectivity index (χ4n) is 2.66. The third kappa shape index (κ3) is 5.66. The van der Waals surface area contributed by atoms with Crippen molar-refractivity contribution in [2.24, 2.45) is 0 Å². The normalized spacial score (nSPS) is 10.8. The first-order chi connectivity index (χ1) is 13.1. The van der Waals surface area contributed by atoms with Crippen molar-refractivity contribution < 1.29 is 9.53 Å². The van der Waals surface area contributed by atoms with Gasteiger partial charge >= 0.3 is 0 Å². The molecular weight excluding hydrogens is 356 g/mol. The number of aromatic nitrogens is 1. The molecule has 3 aromatic rings. The lowest BCUT2D eigenvalue weighted by Gasteiger charge is -2.11. The number of carbonyl (C=O) groups excluding carboxylic acids is 1. The Hall–Kier alpha value is -2.66. The summed E-state index contributed by atoms with van der Waals surface area (Å²) in [4.78, 5) is 16.7. The maximum Gasteiger partial charge on any atom is 0.258 e. The molecule has 1 heterocycles. The van der Waals surface area contributed by atoms with Crippen LogP contribution >= 0.6 is 11.3 Å². The number of nitrogens with one attached hydrogen (secondary N) is 1. The molecule has 140 valence electrons. The molecule has 4 nitrogen and oxygen atoms in total. The molecule has 0 aliphatic heterocycles. The fourth-order valence-corrected chi connectivity index (χ4v) is 3.49. The van der Waals surface area contributed by atoms with Crippen molar-refractivity contribution in [2.45, 2.75) is 32.7 Å². The van der Waals surface area contributed by atoms with Crippen molar-refractivity contribution >= 4 is 17.2 Å². The summed E-state index contributed by atoms with van der Waals surface area (Å²) in [5.41, 5.74) is 3.17. The first-order valence-corrected chi connectivity index (χ1v) is 9.95. The van der Waals surface area contributed by atoms with Crippen LogP contribution in [-0.4, -0.2) is 17.5 Å². The molecule has 0 aliphatic rings. The number of nitrogens with zero attached hydrogens (tertiary/aromatic N) is 1. The summed E-state index contributed by atoms with van der Waals surface area (Å²) in [6.45, 7) is 4.65. The zero-order valence-corrected chi connectivity index (χ0v) is 16.5. The van der Waals surface area contributed by atoms with Gasteiger partial charge in [0.15, 0.2) is 6.61 Å². The van der Waals surface area contributed by atoms with E-state index < -0.39 is 0 Å². The van der Waals surface area contributed by atoms with Gasteiger partial charge < -0.3 is 10.1 Å². The van der Waals surface area contributed by atoms with E-state index in [9.17, 15) is 4.79 Å². The van der Waals surface area contributed by atoms with Crippen molar-refractivity contribution in [3.63, 3.8) is 0 Å². The molecule has 5 heteroatoms. The highest BCUT2D eigenvalue weighted by atomic mass is 32.1. The second-order valence-electron chi connectivity index (χ2n) is 6.67. The van der Waals surface area contributed by atoms with Gasteiger partial charge in [0.25, 0.3) is 5.91 Å². The van der Waals surface area contributed by atoms with E-state index >= 15 is 0 Å². The molecule has 2 aromatic carbocycles. The lowest BCUT2D eigenvalue weighted by atomic mass is 10.0. The van der Waals surface area contributed by atoms with E-state index in [1.165, 1.54) is 5.56 Å². The Morgan fingerprint density at radius 3 is 2.59 bits per heavy atom. The number of rotatable bonds is 8. The maximum atomic E-state index is 12.1. The van der Waals surface area contributed by atoms with Gasteiger partial charge in [0.1, 0.15) is 5.75 Å². The van der Waals surface area contributed by atoms with E-state index in [1.807, 2.05) is 47.8 Å². The number of carbonyl (C=O) groups is 1. The van der Waals surface area contributed by atoms with Crippen LogP contribution in [0, 0.1) is 0 Å². The molecule has 0 spiro atoms. The molecule has 0 saturated carbocycles. The van der Waals surface area contributed by atoms with E-state index in [0.717, 1.165) is 28.4 Å². The summed E-state index contributed by atoms with van der Waals surface area (Å²) in [7, 11) is 0. The van der Waals surface area contributed by atoms with Gasteiger partial charge in [-0.05, 0) is 17.2 Å². The lowest BCUT2D eigenvalue weighted by molar-refractivity contribution is -0.123. The smallest absolute Gasteiger partial charge is 0.258 e. The van der Waals surface area contributed by atoms with Crippen molar-refractivity contribution in [1.82, 2.24) is 10.3 Å². The van der Waals surface area contributed by atoms with Crippen LogP contribution in [0.5, 0.6) is 5.75 Å². The minimum absolute atomic E-state index is 0.00697. The SMILES string of the molecule is CC(C)c1nc(CNC(=O)COc2ccccc2Cc2ccccc2)cs1. The largest absolute Gasteiger partial charge is 0.483 e. The third-order valence-corrected chi connectivity index (χ3v) is 5.29. The summed E-state index contributed by atoms with van der Waals surface area (Å²) in [5, 5.41) is 5.95. The Labute approximate surface area is 164 Å². The molecular formula is C22H24N2O2S. The zero-order chi connectivity index (χ0) is 19.1. The topological polar surface area (TPSA) is 51.2 Å². The van der Waals surface area contributed by atoms with Crippen LogP contribution in [0.3, 0.4) is 0 Å². The molecule has 0 saturated heterocycles. The second kappa shape index (κ2) is 9.33. The van der Waals surface area contributed by atoms with Crippen molar-refractivity contribution in [3.05, 3.63) is 81.8 Å². The highest BCUT2D eigenvalue weighted by Crippen LogP contribution is 2.21. The maximum absolute atomic E-state index is 12.1. The monoisotopic (exact) mass is 380 g/mol. The molecule has 0 bridgehead atoms. The molecule has 0 atom stereocenters. The van der Waals surface area contributed by atoms with Crippen LogP contribution < -0.4 is 10.1 Å². The second-order valence-corrected chi connectivity index (χ2v) is 7.56. The van der Waals surface area contributed by atoms with Gasteiger partial charge in [-0.3, -0.25) is 4.79 Å². The minimum atomic E-state index is -0.149. The van der Waals surface area contributed by atoms with Crippen LogP contribution in [-0.2, 0) is 17.8 Å². The van der Waals surface area contributed by atoms with Gasteiger partial charge in [-0.2, -0.15) is 0 Å². The van der Waals surface area contributed by atoms with Gasteiger partial charge in [-0.15, -0.1) is 11.3 Å². The van der Waals surface area contributed by atoms with Crippen LogP contribution in [0.25, 0.3) is 0 Å². The van der Waals surface area contributed by atoms with Gasteiger partial charge in [0, 0.05) is 17.7 Å². The van der Waals surface area contributed by atoms with Crippen molar-refractivity contribution in [2.75, 3.05) is 6.61 Å². The summed E-state index contributed by atoms with van der Waals surface area (Å²) < 4.78 is 5.77. The molecule has 1 aromatic heterocycles. The number of hydrogen-bond acceptors (Lipinski definition) is 4. The molecule has 0 radical (unpaired) electrons. The summed E-state index contributed by atoms with van der Waals surface area (Å²) >= 11 is 1.63. The predicted molar refractivity (Wildman–Crippen MR) is 109 cm³/mol. The number of hydrogen-bond donors (Lipinski definition) is 1. The predicted octanol–water partition coefficient (Wildman–Crippen LogP) is 4.55. The average Bonchev–Trinajstić information content (AvgIpc) is 3.16. The Morgan fingerprint density at radius 2 is 1.85 bits per heavy atom. The van der Waals surface area contributed by atoms with Crippen molar-refractivity contribution in [1.29, 1.82) is 0 Å². The van der Waals surface area contributed by atoms with E-state index in [0.29, 0.717) is 12.5 Å². The molecule has 27 heavy (non-hydrogen) atoms. The minimum Gasteiger partial charge on any atom is -0.483 e.